The Hall–Kier alpha value is -1.83. The van der Waals surface area contributed by atoms with Gasteiger partial charge in [-0.3, -0.25) is 0 Å². The van der Waals surface area contributed by atoms with Crippen molar-refractivity contribution in [3.63, 3.8) is 0 Å². The fourth-order valence-electron chi connectivity index (χ4n) is 2.29. The molecule has 2 aromatic rings. The minimum Gasteiger partial charge on any atom is -0.481 e. The van der Waals surface area contributed by atoms with Crippen molar-refractivity contribution in [1.82, 2.24) is 15.6 Å². The predicted octanol–water partition coefficient (Wildman–Crippen LogP) is 3.57. The molecule has 136 valence electrons. The van der Waals surface area contributed by atoms with E-state index in [1.54, 1.807) is 13.3 Å². The molecule has 25 heavy (non-hydrogen) atoms. The minimum atomic E-state index is 0. The zero-order valence-electron chi connectivity index (χ0n) is 15.0. The van der Waals surface area contributed by atoms with E-state index >= 15 is 0 Å². The Bertz CT molecular complexity index is 632. The maximum absolute atomic E-state index is 5.07. The van der Waals surface area contributed by atoms with Gasteiger partial charge in [0.15, 0.2) is 5.96 Å². The maximum atomic E-state index is 5.07. The first-order valence-corrected chi connectivity index (χ1v) is 8.29. The van der Waals surface area contributed by atoms with Crippen LogP contribution in [0.5, 0.6) is 5.88 Å². The summed E-state index contributed by atoms with van der Waals surface area (Å²) in [6.07, 6.45) is 1.79. The molecule has 6 heteroatoms. The zero-order chi connectivity index (χ0) is 17.2. The third-order valence-corrected chi connectivity index (χ3v) is 3.72. The monoisotopic (exact) mass is 454 g/mol. The number of methoxy groups -OCH3 is 1. The quantitative estimate of drug-likeness (QED) is 0.382. The van der Waals surface area contributed by atoms with Crippen molar-refractivity contribution in [2.75, 3.05) is 20.2 Å². The molecule has 1 unspecified atom stereocenters. The van der Waals surface area contributed by atoms with Gasteiger partial charge in [-0.05, 0) is 24.0 Å². The number of ether oxygens (including phenoxy) is 1. The lowest BCUT2D eigenvalue weighted by atomic mass is 10.0. The van der Waals surface area contributed by atoms with Crippen molar-refractivity contribution in [2.24, 2.45) is 4.99 Å². The molecular formula is C19H27IN4O. The van der Waals surface area contributed by atoms with Gasteiger partial charge in [0.2, 0.25) is 5.88 Å². The number of nitrogens with one attached hydrogen (secondary N) is 2. The number of benzene rings is 1. The van der Waals surface area contributed by atoms with Gasteiger partial charge in [0, 0.05) is 25.4 Å². The normalized spacial score (nSPS) is 12.0. The van der Waals surface area contributed by atoms with Crippen molar-refractivity contribution in [3.05, 3.63) is 59.8 Å². The highest BCUT2D eigenvalue weighted by Gasteiger charge is 2.06. The van der Waals surface area contributed by atoms with Gasteiger partial charge in [-0.1, -0.05) is 43.3 Å². The second-order valence-electron chi connectivity index (χ2n) is 5.60. The van der Waals surface area contributed by atoms with Gasteiger partial charge in [-0.15, -0.1) is 24.0 Å². The van der Waals surface area contributed by atoms with Crippen molar-refractivity contribution in [3.8, 4) is 5.88 Å². The number of hydrogen-bond acceptors (Lipinski definition) is 3. The molecule has 1 aromatic heterocycles. The number of hydrogen-bond donors (Lipinski definition) is 2. The van der Waals surface area contributed by atoms with Crippen LogP contribution in [-0.4, -0.2) is 31.1 Å². The molecule has 2 N–H and O–H groups in total. The molecule has 0 fully saturated rings. The average Bonchev–Trinajstić information content (AvgIpc) is 2.65. The Kier molecular flexibility index (Phi) is 9.91. The third-order valence-electron chi connectivity index (χ3n) is 3.72. The van der Waals surface area contributed by atoms with Gasteiger partial charge in [-0.25, -0.2) is 9.98 Å². The smallest absolute Gasteiger partial charge is 0.212 e. The topological polar surface area (TPSA) is 58.5 Å². The van der Waals surface area contributed by atoms with Gasteiger partial charge in [-0.2, -0.15) is 0 Å². The first-order valence-electron chi connectivity index (χ1n) is 8.29. The van der Waals surface area contributed by atoms with Crippen LogP contribution in [0, 0.1) is 0 Å². The molecule has 0 amide bonds. The van der Waals surface area contributed by atoms with E-state index in [1.807, 2.05) is 18.2 Å². The molecule has 0 saturated carbocycles. The summed E-state index contributed by atoms with van der Waals surface area (Å²) in [4.78, 5) is 8.82. The summed E-state index contributed by atoms with van der Waals surface area (Å²) in [5.74, 6) is 1.85. The fourth-order valence-corrected chi connectivity index (χ4v) is 2.29. The van der Waals surface area contributed by atoms with Crippen molar-refractivity contribution < 1.29 is 4.74 Å². The highest BCUT2D eigenvalue weighted by Crippen LogP contribution is 2.13. The minimum absolute atomic E-state index is 0. The van der Waals surface area contributed by atoms with Crippen LogP contribution in [0.3, 0.4) is 0 Å². The van der Waals surface area contributed by atoms with Gasteiger partial charge in [0.05, 0.1) is 13.7 Å². The summed E-state index contributed by atoms with van der Waals surface area (Å²) >= 11 is 0. The summed E-state index contributed by atoms with van der Waals surface area (Å²) in [7, 11) is 1.61. The van der Waals surface area contributed by atoms with Crippen molar-refractivity contribution in [2.45, 2.75) is 26.3 Å². The number of pyridine rings is 1. The van der Waals surface area contributed by atoms with Crippen LogP contribution in [0.2, 0.25) is 0 Å². The number of guanidine groups is 1. The SMILES string of the molecule is CCNC(=NCc1ccc(OC)nc1)NCC(C)c1ccccc1.I. The Morgan fingerprint density at radius 2 is 1.92 bits per heavy atom. The van der Waals surface area contributed by atoms with E-state index in [9.17, 15) is 0 Å². The molecule has 0 aliphatic rings. The van der Waals surface area contributed by atoms with E-state index in [0.717, 1.165) is 24.6 Å². The lowest BCUT2D eigenvalue weighted by Crippen LogP contribution is -2.39. The molecule has 0 aliphatic heterocycles. The zero-order valence-corrected chi connectivity index (χ0v) is 17.4. The van der Waals surface area contributed by atoms with E-state index in [1.165, 1.54) is 5.56 Å². The number of aromatic nitrogens is 1. The van der Waals surface area contributed by atoms with Crippen LogP contribution in [0.15, 0.2) is 53.7 Å². The molecule has 0 saturated heterocycles. The standard InChI is InChI=1S/C19H26N4O.HI/c1-4-20-19(22-12-15(2)17-8-6-5-7-9-17)23-14-16-10-11-18(24-3)21-13-16;/h5-11,13,15H,4,12,14H2,1-3H3,(H2,20,22,23);1H. The van der Waals surface area contributed by atoms with E-state index in [-0.39, 0.29) is 24.0 Å². The van der Waals surface area contributed by atoms with Crippen LogP contribution in [0.25, 0.3) is 0 Å². The highest BCUT2D eigenvalue weighted by molar-refractivity contribution is 14.0. The largest absolute Gasteiger partial charge is 0.481 e. The van der Waals surface area contributed by atoms with E-state index in [0.29, 0.717) is 18.3 Å². The first kappa shape index (κ1) is 21.2. The Morgan fingerprint density at radius 1 is 1.16 bits per heavy atom. The Morgan fingerprint density at radius 3 is 2.52 bits per heavy atom. The average molecular weight is 454 g/mol. The van der Waals surface area contributed by atoms with Gasteiger partial charge in [0.1, 0.15) is 0 Å². The van der Waals surface area contributed by atoms with Gasteiger partial charge < -0.3 is 15.4 Å². The molecular weight excluding hydrogens is 427 g/mol. The lowest BCUT2D eigenvalue weighted by Gasteiger charge is -2.16. The summed E-state index contributed by atoms with van der Waals surface area (Å²) in [5, 5.41) is 6.68. The Labute approximate surface area is 167 Å². The molecule has 1 atom stereocenters. The molecule has 1 aromatic carbocycles. The van der Waals surface area contributed by atoms with E-state index < -0.39 is 0 Å². The third kappa shape index (κ3) is 7.29. The second-order valence-corrected chi connectivity index (χ2v) is 5.60. The van der Waals surface area contributed by atoms with Crippen molar-refractivity contribution >= 4 is 29.9 Å². The number of aliphatic imine (C=N–C) groups is 1. The van der Waals surface area contributed by atoms with Crippen LogP contribution >= 0.6 is 24.0 Å². The van der Waals surface area contributed by atoms with Crippen LogP contribution in [0.4, 0.5) is 0 Å². The predicted molar refractivity (Wildman–Crippen MR) is 114 cm³/mol. The molecule has 0 spiro atoms. The highest BCUT2D eigenvalue weighted by atomic mass is 127. The molecule has 0 radical (unpaired) electrons. The van der Waals surface area contributed by atoms with Gasteiger partial charge in [0.25, 0.3) is 0 Å². The summed E-state index contributed by atoms with van der Waals surface area (Å²) in [6.45, 7) is 6.50. The number of rotatable bonds is 7. The molecule has 1 heterocycles. The summed E-state index contributed by atoms with van der Waals surface area (Å²) in [5.41, 5.74) is 2.37. The molecule has 0 aliphatic carbocycles. The molecule has 2 rings (SSSR count). The second kappa shape index (κ2) is 11.7. The lowest BCUT2D eigenvalue weighted by molar-refractivity contribution is 0.397. The fraction of sp³-hybridized carbons (Fsp3) is 0.368. The Balaban J connectivity index is 0.00000312. The number of halogens is 1. The summed E-state index contributed by atoms with van der Waals surface area (Å²) in [6, 6.07) is 14.3. The van der Waals surface area contributed by atoms with E-state index in [2.05, 4.69) is 58.7 Å². The first-order chi connectivity index (χ1) is 11.7. The number of nitrogens with zero attached hydrogens (tertiary/aromatic N) is 2. The van der Waals surface area contributed by atoms with Crippen LogP contribution < -0.4 is 15.4 Å². The molecule has 0 bridgehead atoms. The maximum Gasteiger partial charge on any atom is 0.212 e. The summed E-state index contributed by atoms with van der Waals surface area (Å²) < 4.78 is 5.07. The van der Waals surface area contributed by atoms with Gasteiger partial charge >= 0.3 is 0 Å². The van der Waals surface area contributed by atoms with Crippen LogP contribution in [-0.2, 0) is 6.54 Å². The molecule has 5 nitrogen and oxygen atoms in total. The van der Waals surface area contributed by atoms with Crippen LogP contribution in [0.1, 0.15) is 30.9 Å². The van der Waals surface area contributed by atoms with Crippen molar-refractivity contribution in [1.29, 1.82) is 0 Å². The van der Waals surface area contributed by atoms with E-state index in [4.69, 9.17) is 4.74 Å².